The van der Waals surface area contributed by atoms with Crippen LogP contribution < -0.4 is 10.5 Å². The first-order chi connectivity index (χ1) is 8.60. The van der Waals surface area contributed by atoms with Crippen molar-refractivity contribution in [3.63, 3.8) is 0 Å². The molecule has 0 spiro atoms. The molecule has 98 valence electrons. The van der Waals surface area contributed by atoms with E-state index in [1.165, 1.54) is 0 Å². The van der Waals surface area contributed by atoms with Crippen molar-refractivity contribution in [3.8, 4) is 5.75 Å². The van der Waals surface area contributed by atoms with Crippen LogP contribution in [0.4, 0.5) is 0 Å². The zero-order valence-corrected chi connectivity index (χ0v) is 11.2. The number of methoxy groups -OCH3 is 1. The number of rotatable bonds is 4. The summed E-state index contributed by atoms with van der Waals surface area (Å²) in [6.07, 6.45) is 0.617. The standard InChI is InChI=1S/C13H18N2O2S/c1-17-12-3-2-9(13(14)18)6-10(12)7-15-5-4-11(16)8-15/h2-3,6,11,16H,4-5,7-8H2,1H3,(H2,14,18). The first kappa shape index (κ1) is 13.3. The average Bonchev–Trinajstić information content (AvgIpc) is 2.74. The fraction of sp³-hybridized carbons (Fsp3) is 0.462. The van der Waals surface area contributed by atoms with Crippen molar-refractivity contribution in [1.82, 2.24) is 4.90 Å². The topological polar surface area (TPSA) is 58.7 Å². The molecule has 1 heterocycles. The molecule has 0 bridgehead atoms. The van der Waals surface area contributed by atoms with E-state index in [0.29, 0.717) is 11.5 Å². The Kier molecular flexibility index (Phi) is 4.16. The first-order valence-corrected chi connectivity index (χ1v) is 6.38. The maximum atomic E-state index is 9.53. The van der Waals surface area contributed by atoms with Crippen molar-refractivity contribution >= 4 is 17.2 Å². The number of nitrogens with zero attached hydrogens (tertiary/aromatic N) is 1. The van der Waals surface area contributed by atoms with E-state index >= 15 is 0 Å². The maximum absolute atomic E-state index is 9.53. The summed E-state index contributed by atoms with van der Waals surface area (Å²) in [5.41, 5.74) is 7.54. The molecule has 1 aliphatic heterocycles. The molecule has 1 aromatic carbocycles. The molecule has 0 aromatic heterocycles. The van der Waals surface area contributed by atoms with Gasteiger partial charge < -0.3 is 15.6 Å². The van der Waals surface area contributed by atoms with E-state index < -0.39 is 0 Å². The van der Waals surface area contributed by atoms with Crippen molar-refractivity contribution in [2.75, 3.05) is 20.2 Å². The van der Waals surface area contributed by atoms with Gasteiger partial charge in [0.2, 0.25) is 0 Å². The number of likely N-dealkylation sites (tertiary alicyclic amines) is 1. The van der Waals surface area contributed by atoms with Crippen LogP contribution in [0.25, 0.3) is 0 Å². The van der Waals surface area contributed by atoms with E-state index in [-0.39, 0.29) is 6.10 Å². The van der Waals surface area contributed by atoms with Gasteiger partial charge in [0, 0.05) is 30.8 Å². The summed E-state index contributed by atoms with van der Waals surface area (Å²) in [6, 6.07) is 5.71. The number of benzene rings is 1. The smallest absolute Gasteiger partial charge is 0.123 e. The Hall–Kier alpha value is -1.17. The van der Waals surface area contributed by atoms with Crippen LogP contribution in [0.1, 0.15) is 17.5 Å². The minimum absolute atomic E-state index is 0.213. The SMILES string of the molecule is COc1ccc(C(N)=S)cc1CN1CCC(O)C1. The quantitative estimate of drug-likeness (QED) is 0.793. The Labute approximate surface area is 112 Å². The van der Waals surface area contributed by atoms with Crippen LogP contribution >= 0.6 is 12.2 Å². The van der Waals surface area contributed by atoms with E-state index in [1.54, 1.807) is 7.11 Å². The van der Waals surface area contributed by atoms with Crippen LogP contribution in [0.2, 0.25) is 0 Å². The van der Waals surface area contributed by atoms with Crippen molar-refractivity contribution in [1.29, 1.82) is 0 Å². The number of thiocarbonyl (C=S) groups is 1. The molecule has 5 heteroatoms. The molecule has 18 heavy (non-hydrogen) atoms. The molecular formula is C13H18N2O2S. The van der Waals surface area contributed by atoms with Crippen molar-refractivity contribution in [2.45, 2.75) is 19.1 Å². The Morgan fingerprint density at radius 3 is 2.94 bits per heavy atom. The predicted molar refractivity (Wildman–Crippen MR) is 74.8 cm³/mol. The number of β-amino-alcohol motifs (C(OH)–C–C–N with tert-alkyl or cyclic N) is 1. The zero-order valence-electron chi connectivity index (χ0n) is 10.4. The molecule has 1 unspecified atom stereocenters. The largest absolute Gasteiger partial charge is 0.496 e. The third kappa shape index (κ3) is 2.98. The van der Waals surface area contributed by atoms with Crippen molar-refractivity contribution in [3.05, 3.63) is 29.3 Å². The molecule has 0 radical (unpaired) electrons. The van der Waals surface area contributed by atoms with Crippen molar-refractivity contribution in [2.24, 2.45) is 5.73 Å². The third-order valence-corrected chi connectivity index (χ3v) is 3.44. The fourth-order valence-electron chi connectivity index (χ4n) is 2.25. The van der Waals surface area contributed by atoms with Crippen LogP contribution in [0.15, 0.2) is 18.2 Å². The number of ether oxygens (including phenoxy) is 1. The molecule has 0 saturated carbocycles. The minimum Gasteiger partial charge on any atom is -0.496 e. The fourth-order valence-corrected chi connectivity index (χ4v) is 2.38. The summed E-state index contributed by atoms with van der Waals surface area (Å²) in [5.74, 6) is 0.830. The molecule has 1 fully saturated rings. The lowest BCUT2D eigenvalue weighted by molar-refractivity contribution is 0.174. The van der Waals surface area contributed by atoms with Crippen LogP contribution in [-0.4, -0.2) is 41.3 Å². The summed E-state index contributed by atoms with van der Waals surface area (Å²) in [7, 11) is 1.65. The van der Waals surface area contributed by atoms with Gasteiger partial charge in [-0.2, -0.15) is 0 Å². The second-order valence-electron chi connectivity index (χ2n) is 4.57. The highest BCUT2D eigenvalue weighted by Crippen LogP contribution is 2.23. The maximum Gasteiger partial charge on any atom is 0.123 e. The van der Waals surface area contributed by atoms with Crippen LogP contribution in [0, 0.1) is 0 Å². The summed E-state index contributed by atoms with van der Waals surface area (Å²) < 4.78 is 5.34. The van der Waals surface area contributed by atoms with Gasteiger partial charge in [-0.3, -0.25) is 4.90 Å². The molecule has 3 N–H and O–H groups in total. The highest BCUT2D eigenvalue weighted by molar-refractivity contribution is 7.80. The summed E-state index contributed by atoms with van der Waals surface area (Å²) >= 11 is 4.99. The van der Waals surface area contributed by atoms with E-state index in [2.05, 4.69) is 4.90 Å². The van der Waals surface area contributed by atoms with E-state index in [1.807, 2.05) is 18.2 Å². The van der Waals surface area contributed by atoms with Gasteiger partial charge in [-0.15, -0.1) is 0 Å². The molecule has 0 aliphatic carbocycles. The average molecular weight is 266 g/mol. The number of hydrogen-bond acceptors (Lipinski definition) is 4. The van der Waals surface area contributed by atoms with Gasteiger partial charge in [-0.1, -0.05) is 12.2 Å². The molecule has 1 aromatic rings. The van der Waals surface area contributed by atoms with Gasteiger partial charge in [0.1, 0.15) is 10.7 Å². The Morgan fingerprint density at radius 2 is 2.39 bits per heavy atom. The van der Waals surface area contributed by atoms with Gasteiger partial charge in [0.25, 0.3) is 0 Å². The van der Waals surface area contributed by atoms with E-state index in [0.717, 1.165) is 36.4 Å². The molecule has 1 saturated heterocycles. The van der Waals surface area contributed by atoms with Crippen LogP contribution in [0.5, 0.6) is 5.75 Å². The second kappa shape index (κ2) is 5.65. The molecular weight excluding hydrogens is 248 g/mol. The first-order valence-electron chi connectivity index (χ1n) is 5.97. The highest BCUT2D eigenvalue weighted by atomic mass is 32.1. The van der Waals surface area contributed by atoms with Crippen molar-refractivity contribution < 1.29 is 9.84 Å². The molecule has 4 nitrogen and oxygen atoms in total. The van der Waals surface area contributed by atoms with Crippen LogP contribution in [0.3, 0.4) is 0 Å². The normalized spacial score (nSPS) is 20.0. The lowest BCUT2D eigenvalue weighted by Crippen LogP contribution is -2.22. The number of hydrogen-bond donors (Lipinski definition) is 2. The van der Waals surface area contributed by atoms with Crippen LogP contribution in [-0.2, 0) is 6.54 Å². The van der Waals surface area contributed by atoms with Gasteiger partial charge in [-0.25, -0.2) is 0 Å². The third-order valence-electron chi connectivity index (χ3n) is 3.21. The monoisotopic (exact) mass is 266 g/mol. The Morgan fingerprint density at radius 1 is 1.61 bits per heavy atom. The van der Waals surface area contributed by atoms with Gasteiger partial charge in [0.15, 0.2) is 0 Å². The lowest BCUT2D eigenvalue weighted by atomic mass is 10.1. The number of nitrogens with two attached hydrogens (primary N) is 1. The molecule has 1 atom stereocenters. The lowest BCUT2D eigenvalue weighted by Gasteiger charge is -2.17. The van der Waals surface area contributed by atoms with E-state index in [4.69, 9.17) is 22.7 Å². The second-order valence-corrected chi connectivity index (χ2v) is 5.01. The highest BCUT2D eigenvalue weighted by Gasteiger charge is 2.21. The summed E-state index contributed by atoms with van der Waals surface area (Å²) in [6.45, 7) is 2.36. The summed E-state index contributed by atoms with van der Waals surface area (Å²) in [4.78, 5) is 2.59. The molecule has 1 aliphatic rings. The number of aliphatic hydroxyl groups is 1. The minimum atomic E-state index is -0.213. The predicted octanol–water partition coefficient (Wildman–Crippen LogP) is 0.896. The molecule has 0 amide bonds. The summed E-state index contributed by atoms with van der Waals surface area (Å²) in [5, 5.41) is 9.53. The van der Waals surface area contributed by atoms with Gasteiger partial charge in [0.05, 0.1) is 13.2 Å². The number of aliphatic hydroxyl groups excluding tert-OH is 1. The van der Waals surface area contributed by atoms with Gasteiger partial charge in [-0.05, 0) is 24.6 Å². The van der Waals surface area contributed by atoms with Gasteiger partial charge >= 0.3 is 0 Å². The Balaban J connectivity index is 2.18. The van der Waals surface area contributed by atoms with E-state index in [9.17, 15) is 5.11 Å². The zero-order chi connectivity index (χ0) is 13.1. The Bertz CT molecular complexity index is 451. The molecule has 2 rings (SSSR count).